The number of para-hydroxylation sites is 1. The summed E-state index contributed by atoms with van der Waals surface area (Å²) in [4.78, 5) is 12.2. The fraction of sp³-hybridized carbons (Fsp3) is 0.500. The van der Waals surface area contributed by atoms with Crippen molar-refractivity contribution in [2.24, 2.45) is 17.6 Å². The monoisotopic (exact) mass is 250 g/mol. The van der Waals surface area contributed by atoms with Crippen molar-refractivity contribution in [2.45, 2.75) is 26.2 Å². The Morgan fingerprint density at radius 1 is 1.50 bits per heavy atom. The maximum atomic E-state index is 13.6. The molecule has 1 aromatic carbocycles. The molecular weight excluding hydrogens is 231 g/mol. The van der Waals surface area contributed by atoms with Crippen molar-refractivity contribution in [3.63, 3.8) is 0 Å². The molecule has 1 saturated carbocycles. The standard InChI is InChI=1S/C14H19FN2O/c1-9-4-2-7-12(15)13(9)17-14(18)11-6-3-5-10(11)8-16/h2,4,7,10-11H,3,5-6,8,16H2,1H3,(H,17,18). The van der Waals surface area contributed by atoms with Crippen LogP contribution in [0.1, 0.15) is 24.8 Å². The highest BCUT2D eigenvalue weighted by molar-refractivity contribution is 5.93. The Hall–Kier alpha value is -1.42. The van der Waals surface area contributed by atoms with Crippen LogP contribution in [0, 0.1) is 24.6 Å². The van der Waals surface area contributed by atoms with Crippen LogP contribution in [0.3, 0.4) is 0 Å². The summed E-state index contributed by atoms with van der Waals surface area (Å²) in [6, 6.07) is 4.78. The summed E-state index contributed by atoms with van der Waals surface area (Å²) in [5.41, 5.74) is 6.70. The zero-order valence-corrected chi connectivity index (χ0v) is 10.6. The second-order valence-electron chi connectivity index (χ2n) is 4.95. The molecule has 0 radical (unpaired) electrons. The van der Waals surface area contributed by atoms with E-state index in [-0.39, 0.29) is 23.6 Å². The molecule has 0 saturated heterocycles. The number of amides is 1. The number of hydrogen-bond acceptors (Lipinski definition) is 2. The molecule has 4 heteroatoms. The van der Waals surface area contributed by atoms with E-state index in [1.165, 1.54) is 6.07 Å². The van der Waals surface area contributed by atoms with E-state index in [0.717, 1.165) is 24.8 Å². The van der Waals surface area contributed by atoms with Crippen LogP contribution in [-0.2, 0) is 4.79 Å². The lowest BCUT2D eigenvalue weighted by atomic mass is 9.95. The van der Waals surface area contributed by atoms with Gasteiger partial charge in [0.25, 0.3) is 0 Å². The minimum atomic E-state index is -0.384. The molecule has 0 aliphatic heterocycles. The van der Waals surface area contributed by atoms with Crippen LogP contribution in [-0.4, -0.2) is 12.5 Å². The van der Waals surface area contributed by atoms with Crippen LogP contribution < -0.4 is 11.1 Å². The van der Waals surface area contributed by atoms with Gasteiger partial charge in [-0.3, -0.25) is 4.79 Å². The largest absolute Gasteiger partial charge is 0.330 e. The zero-order valence-electron chi connectivity index (χ0n) is 10.6. The lowest BCUT2D eigenvalue weighted by Crippen LogP contribution is -2.30. The van der Waals surface area contributed by atoms with Crippen LogP contribution in [0.4, 0.5) is 10.1 Å². The molecule has 0 bridgehead atoms. The second kappa shape index (κ2) is 5.48. The van der Waals surface area contributed by atoms with Crippen LogP contribution in [0.2, 0.25) is 0 Å². The number of hydrogen-bond donors (Lipinski definition) is 2. The number of nitrogens with two attached hydrogens (primary N) is 1. The van der Waals surface area contributed by atoms with Gasteiger partial charge >= 0.3 is 0 Å². The number of carbonyl (C=O) groups excluding carboxylic acids is 1. The molecule has 1 aliphatic carbocycles. The second-order valence-corrected chi connectivity index (χ2v) is 4.95. The average molecular weight is 250 g/mol. The van der Waals surface area contributed by atoms with E-state index >= 15 is 0 Å². The molecule has 1 aliphatic rings. The normalized spacial score (nSPS) is 23.1. The lowest BCUT2D eigenvalue weighted by Gasteiger charge is -2.18. The molecule has 3 N–H and O–H groups in total. The molecule has 18 heavy (non-hydrogen) atoms. The average Bonchev–Trinajstić information content (AvgIpc) is 2.82. The van der Waals surface area contributed by atoms with E-state index in [4.69, 9.17) is 5.73 Å². The summed E-state index contributed by atoms with van der Waals surface area (Å²) in [5, 5.41) is 2.72. The van der Waals surface area contributed by atoms with Gasteiger partial charge in [0.1, 0.15) is 5.82 Å². The van der Waals surface area contributed by atoms with E-state index in [2.05, 4.69) is 5.32 Å². The van der Waals surface area contributed by atoms with Crippen molar-refractivity contribution in [2.75, 3.05) is 11.9 Å². The van der Waals surface area contributed by atoms with E-state index in [1.807, 2.05) is 0 Å². The maximum absolute atomic E-state index is 13.6. The molecule has 2 rings (SSSR count). The minimum Gasteiger partial charge on any atom is -0.330 e. The van der Waals surface area contributed by atoms with Crippen LogP contribution in [0.25, 0.3) is 0 Å². The number of aryl methyl sites for hydroxylation is 1. The summed E-state index contributed by atoms with van der Waals surface area (Å²) >= 11 is 0. The number of nitrogens with one attached hydrogen (secondary N) is 1. The summed E-state index contributed by atoms with van der Waals surface area (Å²) in [7, 11) is 0. The Bertz CT molecular complexity index is 427. The molecule has 0 heterocycles. The quantitative estimate of drug-likeness (QED) is 0.865. The van der Waals surface area contributed by atoms with Crippen molar-refractivity contribution in [1.82, 2.24) is 0 Å². The van der Waals surface area contributed by atoms with Gasteiger partial charge in [0.2, 0.25) is 5.91 Å². The number of anilines is 1. The lowest BCUT2D eigenvalue weighted by molar-refractivity contribution is -0.120. The predicted molar refractivity (Wildman–Crippen MR) is 69.7 cm³/mol. The Balaban J connectivity index is 2.12. The van der Waals surface area contributed by atoms with E-state index < -0.39 is 0 Å². The third-order valence-electron chi connectivity index (χ3n) is 3.77. The molecule has 1 fully saturated rings. The first-order chi connectivity index (χ1) is 8.63. The van der Waals surface area contributed by atoms with E-state index in [0.29, 0.717) is 12.2 Å². The van der Waals surface area contributed by atoms with Gasteiger partial charge in [0.15, 0.2) is 0 Å². The highest BCUT2D eigenvalue weighted by Crippen LogP contribution is 2.32. The number of benzene rings is 1. The fourth-order valence-electron chi connectivity index (χ4n) is 2.67. The van der Waals surface area contributed by atoms with Crippen LogP contribution >= 0.6 is 0 Å². The molecule has 1 amide bonds. The van der Waals surface area contributed by atoms with Gasteiger partial charge in [-0.2, -0.15) is 0 Å². The zero-order chi connectivity index (χ0) is 13.1. The van der Waals surface area contributed by atoms with Crippen molar-refractivity contribution in [3.05, 3.63) is 29.6 Å². The topological polar surface area (TPSA) is 55.1 Å². The summed E-state index contributed by atoms with van der Waals surface area (Å²) in [6.07, 6.45) is 2.86. The third-order valence-corrected chi connectivity index (χ3v) is 3.77. The number of rotatable bonds is 3. The Morgan fingerprint density at radius 2 is 2.28 bits per heavy atom. The molecule has 3 nitrogen and oxygen atoms in total. The van der Waals surface area contributed by atoms with Gasteiger partial charge in [-0.1, -0.05) is 18.6 Å². The molecule has 2 atom stereocenters. The highest BCUT2D eigenvalue weighted by Gasteiger charge is 2.32. The molecule has 0 aromatic heterocycles. The summed E-state index contributed by atoms with van der Waals surface area (Å²) < 4.78 is 13.6. The first kappa shape index (κ1) is 13.0. The summed E-state index contributed by atoms with van der Waals surface area (Å²) in [5.74, 6) is -0.326. The summed E-state index contributed by atoms with van der Waals surface area (Å²) in [6.45, 7) is 2.31. The van der Waals surface area contributed by atoms with Gasteiger partial charge < -0.3 is 11.1 Å². The first-order valence-corrected chi connectivity index (χ1v) is 6.39. The van der Waals surface area contributed by atoms with Crippen molar-refractivity contribution in [3.8, 4) is 0 Å². The van der Waals surface area contributed by atoms with E-state index in [1.54, 1.807) is 19.1 Å². The van der Waals surface area contributed by atoms with Crippen LogP contribution in [0.15, 0.2) is 18.2 Å². The Kier molecular flexibility index (Phi) is 3.97. The van der Waals surface area contributed by atoms with Gasteiger partial charge in [0.05, 0.1) is 5.69 Å². The number of carbonyl (C=O) groups is 1. The molecule has 98 valence electrons. The number of halogens is 1. The smallest absolute Gasteiger partial charge is 0.227 e. The Morgan fingerprint density at radius 3 is 2.94 bits per heavy atom. The molecule has 0 spiro atoms. The predicted octanol–water partition coefficient (Wildman–Crippen LogP) is 2.45. The van der Waals surface area contributed by atoms with Crippen molar-refractivity contribution < 1.29 is 9.18 Å². The third kappa shape index (κ3) is 2.53. The van der Waals surface area contributed by atoms with Gasteiger partial charge in [0, 0.05) is 5.92 Å². The van der Waals surface area contributed by atoms with Crippen molar-refractivity contribution >= 4 is 11.6 Å². The highest BCUT2D eigenvalue weighted by atomic mass is 19.1. The SMILES string of the molecule is Cc1cccc(F)c1NC(=O)C1CCCC1CN. The Labute approximate surface area is 107 Å². The van der Waals surface area contributed by atoms with Gasteiger partial charge in [-0.25, -0.2) is 4.39 Å². The molecule has 1 aromatic rings. The minimum absolute atomic E-state index is 0.0750. The van der Waals surface area contributed by atoms with Crippen LogP contribution in [0.5, 0.6) is 0 Å². The van der Waals surface area contributed by atoms with E-state index in [9.17, 15) is 9.18 Å². The molecule has 2 unspecified atom stereocenters. The first-order valence-electron chi connectivity index (χ1n) is 6.39. The molecular formula is C14H19FN2O. The van der Waals surface area contributed by atoms with Crippen molar-refractivity contribution in [1.29, 1.82) is 0 Å². The van der Waals surface area contributed by atoms with Gasteiger partial charge in [-0.05, 0) is 43.9 Å². The fourth-order valence-corrected chi connectivity index (χ4v) is 2.67. The maximum Gasteiger partial charge on any atom is 0.227 e. The van der Waals surface area contributed by atoms with Gasteiger partial charge in [-0.15, -0.1) is 0 Å².